The fourth-order valence-corrected chi connectivity index (χ4v) is 7.72. The number of aromatic amines is 1. The SMILES string of the molecule is CCOC(=O)C(NCCCNC(=O)[C@H](CC(C)C)NC(=O)[C@H](CCCN=C(N)N[N+](=O)O)NC(=O)N[C@H](C(=O)OCc1ccccc1)C(C)C)C(OC(C)=O)[C@H]1O[C@H](n2ccc(=O)[nH]c2=O)[C@H](OC(C)=O)[C@@H]1OC(C)=O. The Kier molecular flexibility index (Phi) is 25.5. The molecule has 9 atom stereocenters. The number of hydrazine groups is 1. The number of carbonyl (C=O) groups is 8. The number of aliphatic imine (C=N–C) groups is 1. The Morgan fingerprint density at radius 2 is 1.49 bits per heavy atom. The van der Waals surface area contributed by atoms with Crippen LogP contribution in [-0.4, -0.2) is 148 Å². The van der Waals surface area contributed by atoms with Crippen molar-refractivity contribution in [2.45, 2.75) is 142 Å². The third-order valence-electron chi connectivity index (χ3n) is 11.0. The summed E-state index contributed by atoms with van der Waals surface area (Å²) in [5.74, 6) is -6.91. The van der Waals surface area contributed by atoms with Crippen molar-refractivity contribution in [3.8, 4) is 0 Å². The number of aromatic nitrogens is 2. The normalized spacial score (nSPS) is 18.2. The maximum absolute atomic E-state index is 14.0. The predicted octanol–water partition coefficient (Wildman–Crippen LogP) is -1.01. The van der Waals surface area contributed by atoms with Gasteiger partial charge in [-0.2, -0.15) is 0 Å². The zero-order valence-corrected chi connectivity index (χ0v) is 43.6. The summed E-state index contributed by atoms with van der Waals surface area (Å²) in [4.78, 5) is 147. The van der Waals surface area contributed by atoms with Crippen LogP contribution < -0.4 is 49.0 Å². The van der Waals surface area contributed by atoms with E-state index in [1.807, 2.05) is 10.4 Å². The van der Waals surface area contributed by atoms with Crippen LogP contribution in [0.15, 0.2) is 57.2 Å². The summed E-state index contributed by atoms with van der Waals surface area (Å²) in [6, 6.07) is 3.72. The molecule has 420 valence electrons. The smallest absolute Gasteiger partial charge is 0.362 e. The van der Waals surface area contributed by atoms with Crippen molar-refractivity contribution in [3.63, 3.8) is 0 Å². The second kappa shape index (κ2) is 31.1. The second-order valence-electron chi connectivity index (χ2n) is 18.0. The molecule has 1 aliphatic heterocycles. The van der Waals surface area contributed by atoms with Gasteiger partial charge in [-0.15, -0.1) is 0 Å². The number of rotatable bonds is 29. The van der Waals surface area contributed by atoms with Crippen molar-refractivity contribution in [1.29, 1.82) is 0 Å². The highest BCUT2D eigenvalue weighted by Crippen LogP contribution is 2.37. The van der Waals surface area contributed by atoms with Crippen molar-refractivity contribution in [2.75, 3.05) is 26.2 Å². The number of esters is 5. The first-order valence-electron chi connectivity index (χ1n) is 24.4. The molecule has 0 saturated carbocycles. The minimum atomic E-state index is -1.71. The Labute approximate surface area is 436 Å². The number of benzene rings is 1. The third-order valence-corrected chi connectivity index (χ3v) is 11.0. The van der Waals surface area contributed by atoms with Crippen molar-refractivity contribution >= 4 is 53.7 Å². The molecule has 0 aliphatic carbocycles. The van der Waals surface area contributed by atoms with E-state index in [9.17, 15) is 52.9 Å². The Morgan fingerprint density at radius 1 is 0.829 bits per heavy atom. The Morgan fingerprint density at radius 3 is 2.08 bits per heavy atom. The minimum Gasteiger partial charge on any atom is -0.465 e. The number of hydrogen-bond donors (Lipinski definition) is 9. The number of H-pyrrole nitrogens is 1. The lowest BCUT2D eigenvalue weighted by molar-refractivity contribution is -0.822. The molecular weight excluding hydrogens is 1010 g/mol. The summed E-state index contributed by atoms with van der Waals surface area (Å²) in [7, 11) is 0. The summed E-state index contributed by atoms with van der Waals surface area (Å²) in [5.41, 5.74) is 6.32. The van der Waals surface area contributed by atoms with Crippen LogP contribution in [0.1, 0.15) is 92.9 Å². The average molecular weight is 1080 g/mol. The molecule has 4 amide bonds. The molecule has 29 nitrogen and oxygen atoms in total. The molecule has 10 N–H and O–H groups in total. The van der Waals surface area contributed by atoms with Crippen LogP contribution in [-0.2, 0) is 68.6 Å². The average Bonchev–Trinajstić information content (AvgIpc) is 3.65. The molecule has 2 heterocycles. The first-order chi connectivity index (χ1) is 35.9. The molecule has 0 bridgehead atoms. The van der Waals surface area contributed by atoms with Crippen molar-refractivity contribution < 1.29 is 77.0 Å². The maximum Gasteiger partial charge on any atom is 0.362 e. The second-order valence-corrected chi connectivity index (χ2v) is 18.0. The lowest BCUT2D eigenvalue weighted by Crippen LogP contribution is -2.58. The van der Waals surface area contributed by atoms with Gasteiger partial charge in [-0.05, 0) is 62.0 Å². The first-order valence-corrected chi connectivity index (χ1v) is 24.4. The Bertz CT molecular complexity index is 2470. The molecule has 29 heteroatoms. The standard InChI is InChI=1S/C47H69N11O18/c1-9-71-44(66)35(36(73-27(6)59)37-38(74-28(7)60)39(75-29(8)61)42(76-37)57-22-18-33(62)54-47(57)68)49-20-14-21-50-40(63)32(23-25(2)3)52-41(64)31(17-13-19-51-45(48)56-58(69)70)53-46(67)55-34(26(4)5)43(65)72-24-30-15-11-10-12-16-30/h10-12,15-16,18,22,25-26,31-32,34-39,42,49H,9,13-14,17,19-21,23-24H2,1-8H3,(H8-,48,50,51,52,53,54,55,56,62,63,64,67,68,69,70)/p+1/t31-,32-,34-,35?,36?,37+,38+,39+,42-/m0/s1. The molecule has 1 saturated heterocycles. The highest BCUT2D eigenvalue weighted by atomic mass is 16.7. The van der Waals surface area contributed by atoms with Gasteiger partial charge in [0, 0.05) is 46.1 Å². The summed E-state index contributed by atoms with van der Waals surface area (Å²) < 4.78 is 34.4. The van der Waals surface area contributed by atoms with E-state index in [1.54, 1.807) is 58.0 Å². The van der Waals surface area contributed by atoms with Crippen LogP contribution in [0.5, 0.6) is 0 Å². The molecule has 76 heavy (non-hydrogen) atoms. The molecular formula is C47H70N11O18+. The number of nitrogens with zero attached hydrogens (tertiary/aromatic N) is 3. The fraction of sp³-hybridized carbons (Fsp3) is 0.596. The zero-order chi connectivity index (χ0) is 56.6. The Balaban J connectivity index is 1.82. The number of urea groups is 1. The quantitative estimate of drug-likeness (QED) is 0.0118. The number of hydrogen-bond acceptors (Lipinski definition) is 19. The van der Waals surface area contributed by atoms with Crippen LogP contribution in [0, 0.1) is 16.7 Å². The molecule has 2 unspecified atom stereocenters. The van der Waals surface area contributed by atoms with Gasteiger partial charge in [0.05, 0.1) is 6.61 Å². The van der Waals surface area contributed by atoms with E-state index < -0.39 is 131 Å². The number of guanidine groups is 1. The fourth-order valence-electron chi connectivity index (χ4n) is 7.72. The predicted molar refractivity (Wildman–Crippen MR) is 264 cm³/mol. The highest BCUT2D eigenvalue weighted by molar-refractivity contribution is 5.92. The van der Waals surface area contributed by atoms with Crippen LogP contribution >= 0.6 is 0 Å². The van der Waals surface area contributed by atoms with Gasteiger partial charge in [-0.3, -0.25) is 43.1 Å². The number of nitrogens with two attached hydrogens (primary N) is 1. The molecule has 0 radical (unpaired) electrons. The Hall–Kier alpha value is -7.95. The number of carbonyl (C=O) groups excluding carboxylic acids is 8. The molecule has 0 spiro atoms. The van der Waals surface area contributed by atoms with Gasteiger partial charge in [0.2, 0.25) is 11.8 Å². The maximum atomic E-state index is 14.0. The number of nitrogens with one attached hydrogen (secondary N) is 7. The minimum absolute atomic E-state index is 0.0561. The van der Waals surface area contributed by atoms with Gasteiger partial charge in [0.25, 0.3) is 11.5 Å². The summed E-state index contributed by atoms with van der Waals surface area (Å²) >= 11 is 0. The third kappa shape index (κ3) is 20.8. The van der Waals surface area contributed by atoms with Gasteiger partial charge >= 0.3 is 46.6 Å². The molecule has 2 aromatic rings. The largest absolute Gasteiger partial charge is 0.465 e. The van der Waals surface area contributed by atoms with Gasteiger partial charge in [-0.25, -0.2) is 24.6 Å². The van der Waals surface area contributed by atoms with E-state index in [-0.39, 0.29) is 64.4 Å². The van der Waals surface area contributed by atoms with E-state index in [1.165, 1.54) is 6.92 Å². The van der Waals surface area contributed by atoms with Crippen molar-refractivity contribution in [1.82, 2.24) is 41.6 Å². The molecule has 1 fully saturated rings. The van der Waals surface area contributed by atoms with E-state index in [0.717, 1.165) is 43.2 Å². The van der Waals surface area contributed by atoms with E-state index in [0.29, 0.717) is 0 Å². The lowest BCUT2D eigenvalue weighted by atomic mass is 9.98. The summed E-state index contributed by atoms with van der Waals surface area (Å²) in [5, 5.41) is 21.7. The number of ether oxygens (including phenoxy) is 6. The van der Waals surface area contributed by atoms with E-state index in [2.05, 4.69) is 31.6 Å². The van der Waals surface area contributed by atoms with E-state index >= 15 is 0 Å². The van der Waals surface area contributed by atoms with Crippen LogP contribution in [0.4, 0.5) is 4.79 Å². The van der Waals surface area contributed by atoms with Gasteiger partial charge in [-0.1, -0.05) is 58.0 Å². The molecule has 1 aromatic heterocycles. The van der Waals surface area contributed by atoms with Gasteiger partial charge in [0.15, 0.2) is 24.5 Å². The summed E-state index contributed by atoms with van der Waals surface area (Å²) in [6.07, 6.45) is -6.93. The summed E-state index contributed by atoms with van der Waals surface area (Å²) in [6.45, 7) is 11.1. The topological polar surface area (TPSA) is 398 Å². The van der Waals surface area contributed by atoms with Crippen molar-refractivity contribution in [3.05, 3.63) is 73.9 Å². The van der Waals surface area contributed by atoms with Crippen LogP contribution in [0.25, 0.3) is 0 Å². The van der Waals surface area contributed by atoms with E-state index in [4.69, 9.17) is 39.4 Å². The molecule has 1 aliphatic rings. The lowest BCUT2D eigenvalue weighted by Gasteiger charge is -2.32. The highest BCUT2D eigenvalue weighted by Gasteiger charge is 2.57. The first kappa shape index (κ1) is 62.3. The van der Waals surface area contributed by atoms with Crippen LogP contribution in [0.3, 0.4) is 0 Å². The zero-order valence-electron chi connectivity index (χ0n) is 43.6. The van der Waals surface area contributed by atoms with Gasteiger partial charge < -0.3 is 60.7 Å². The monoisotopic (exact) mass is 1080 g/mol. The van der Waals surface area contributed by atoms with Crippen molar-refractivity contribution in [2.24, 2.45) is 22.6 Å². The molecule has 1 aromatic carbocycles. The number of amides is 4. The van der Waals surface area contributed by atoms with Gasteiger partial charge in [0.1, 0.15) is 41.8 Å². The molecule has 3 rings (SSSR count). The van der Waals surface area contributed by atoms with Crippen LogP contribution in [0.2, 0.25) is 0 Å².